The molecule has 0 aromatic heterocycles. The topological polar surface area (TPSA) is 0 Å². The van der Waals surface area contributed by atoms with Gasteiger partial charge in [-0.25, -0.2) is 0 Å². The zero-order chi connectivity index (χ0) is 9.56. The molecule has 0 nitrogen and oxygen atoms in total. The summed E-state index contributed by atoms with van der Waals surface area (Å²) >= 11 is 5.72. The van der Waals surface area contributed by atoms with Gasteiger partial charge in [0.05, 0.1) is 0 Å². The zero-order valence-corrected chi connectivity index (χ0v) is 9.02. The zero-order valence-electron chi connectivity index (χ0n) is 8.26. The first-order valence-corrected chi connectivity index (χ1v) is 4.83. The van der Waals surface area contributed by atoms with Crippen molar-refractivity contribution in [3.63, 3.8) is 0 Å². The molecular weight excluding hydrogens is 168 g/mol. The second kappa shape index (κ2) is 6.07. The molecule has 0 aliphatic heterocycles. The monoisotopic (exact) mass is 184 g/mol. The third-order valence-corrected chi connectivity index (χ3v) is 1.79. The highest BCUT2D eigenvalue weighted by Gasteiger charge is 1.96. The molecule has 1 aromatic carbocycles. The molecule has 68 valence electrons. The van der Waals surface area contributed by atoms with E-state index in [1.165, 1.54) is 5.56 Å². The number of rotatable bonds is 1. The molecule has 1 heteroatoms. The van der Waals surface area contributed by atoms with Crippen LogP contribution in [0.3, 0.4) is 0 Å². The molecule has 0 N–H and O–H groups in total. The van der Waals surface area contributed by atoms with Crippen LogP contribution in [0.25, 0.3) is 0 Å². The highest BCUT2D eigenvalue weighted by molar-refractivity contribution is 6.30. The van der Waals surface area contributed by atoms with Crippen LogP contribution in [0.2, 0.25) is 5.02 Å². The van der Waals surface area contributed by atoms with E-state index in [1.807, 2.05) is 26.0 Å². The Morgan fingerprint density at radius 1 is 1.00 bits per heavy atom. The highest BCUT2D eigenvalue weighted by atomic mass is 35.5. The molecule has 0 unspecified atom stereocenters. The third kappa shape index (κ3) is 3.77. The fraction of sp³-hybridized carbons (Fsp3) is 0.455. The first kappa shape index (κ1) is 11.5. The lowest BCUT2D eigenvalue weighted by atomic mass is 10.0. The third-order valence-electron chi connectivity index (χ3n) is 1.54. The van der Waals surface area contributed by atoms with Gasteiger partial charge in [-0.05, 0) is 23.6 Å². The molecule has 0 saturated carbocycles. The molecule has 0 heterocycles. The van der Waals surface area contributed by atoms with Crippen LogP contribution in [0, 0.1) is 0 Å². The van der Waals surface area contributed by atoms with Gasteiger partial charge >= 0.3 is 0 Å². The Morgan fingerprint density at radius 3 is 1.75 bits per heavy atom. The van der Waals surface area contributed by atoms with Crippen LogP contribution in [-0.2, 0) is 0 Å². The lowest BCUT2D eigenvalue weighted by molar-refractivity contribution is 0.867. The van der Waals surface area contributed by atoms with E-state index in [0.29, 0.717) is 5.92 Å². The fourth-order valence-electron chi connectivity index (χ4n) is 0.848. The second-order valence-electron chi connectivity index (χ2n) is 2.71. The summed E-state index contributed by atoms with van der Waals surface area (Å²) in [5.41, 5.74) is 1.34. The Balaban J connectivity index is 0.000000561. The molecule has 0 atom stereocenters. The van der Waals surface area contributed by atoms with Gasteiger partial charge in [0.25, 0.3) is 0 Å². The van der Waals surface area contributed by atoms with Crippen LogP contribution in [0.5, 0.6) is 0 Å². The lowest BCUT2D eigenvalue weighted by Gasteiger charge is -2.03. The summed E-state index contributed by atoms with van der Waals surface area (Å²) in [6, 6.07) is 7.98. The van der Waals surface area contributed by atoms with E-state index in [2.05, 4.69) is 26.0 Å². The highest BCUT2D eigenvalue weighted by Crippen LogP contribution is 2.16. The predicted octanol–water partition coefficient (Wildman–Crippen LogP) is 4.49. The number of benzene rings is 1. The van der Waals surface area contributed by atoms with Gasteiger partial charge in [0, 0.05) is 5.02 Å². The van der Waals surface area contributed by atoms with Gasteiger partial charge < -0.3 is 0 Å². The van der Waals surface area contributed by atoms with E-state index in [9.17, 15) is 0 Å². The van der Waals surface area contributed by atoms with Crippen molar-refractivity contribution in [1.82, 2.24) is 0 Å². The van der Waals surface area contributed by atoms with E-state index >= 15 is 0 Å². The number of hydrogen-bond donors (Lipinski definition) is 0. The number of hydrogen-bond acceptors (Lipinski definition) is 0. The van der Waals surface area contributed by atoms with E-state index in [0.717, 1.165) is 5.02 Å². The smallest absolute Gasteiger partial charge is 0.0406 e. The van der Waals surface area contributed by atoms with E-state index < -0.39 is 0 Å². The Kier molecular flexibility index (Phi) is 5.83. The maximum absolute atomic E-state index is 5.72. The van der Waals surface area contributed by atoms with Crippen LogP contribution in [0.15, 0.2) is 24.3 Å². The number of halogens is 1. The minimum atomic E-state index is 0.595. The van der Waals surface area contributed by atoms with Gasteiger partial charge in [0.1, 0.15) is 0 Å². The molecule has 0 aliphatic carbocycles. The first-order chi connectivity index (χ1) is 5.70. The predicted molar refractivity (Wildman–Crippen MR) is 56.9 cm³/mol. The van der Waals surface area contributed by atoms with E-state index in [-0.39, 0.29) is 0 Å². The Morgan fingerprint density at radius 2 is 1.42 bits per heavy atom. The Hall–Kier alpha value is -0.490. The largest absolute Gasteiger partial charge is 0.0843 e. The molecule has 1 rings (SSSR count). The average Bonchev–Trinajstić information content (AvgIpc) is 2.09. The summed E-state index contributed by atoms with van der Waals surface area (Å²) in [7, 11) is 0. The first-order valence-electron chi connectivity index (χ1n) is 4.45. The molecule has 0 saturated heterocycles. The Labute approximate surface area is 80.6 Å². The molecule has 0 radical (unpaired) electrons. The fourth-order valence-corrected chi connectivity index (χ4v) is 0.974. The molecule has 0 fully saturated rings. The maximum atomic E-state index is 5.72. The molecule has 1 aromatic rings. The standard InChI is InChI=1S/C9H11Cl.C2H6/c1-7(2)8-3-5-9(10)6-4-8;1-2/h3-7H,1-2H3;1-2H3. The van der Waals surface area contributed by atoms with Gasteiger partial charge in [-0.2, -0.15) is 0 Å². The van der Waals surface area contributed by atoms with Crippen LogP contribution < -0.4 is 0 Å². The molecule has 0 amide bonds. The summed E-state index contributed by atoms with van der Waals surface area (Å²) in [5.74, 6) is 0.595. The maximum Gasteiger partial charge on any atom is 0.0406 e. The summed E-state index contributed by atoms with van der Waals surface area (Å²) in [6.45, 7) is 8.34. The molecule has 12 heavy (non-hydrogen) atoms. The van der Waals surface area contributed by atoms with Crippen molar-refractivity contribution in [2.45, 2.75) is 33.6 Å². The second-order valence-corrected chi connectivity index (χ2v) is 3.14. The van der Waals surface area contributed by atoms with Gasteiger partial charge in [-0.1, -0.05) is 51.4 Å². The van der Waals surface area contributed by atoms with Crippen molar-refractivity contribution in [2.24, 2.45) is 0 Å². The van der Waals surface area contributed by atoms with Crippen LogP contribution in [0.4, 0.5) is 0 Å². The lowest BCUT2D eigenvalue weighted by Crippen LogP contribution is -1.84. The summed E-state index contributed by atoms with van der Waals surface area (Å²) in [6.07, 6.45) is 0. The van der Waals surface area contributed by atoms with Gasteiger partial charge in [-0.15, -0.1) is 0 Å². The molecular formula is C11H17Cl. The Bertz CT molecular complexity index is 199. The summed E-state index contributed by atoms with van der Waals surface area (Å²) < 4.78 is 0. The van der Waals surface area contributed by atoms with Crippen molar-refractivity contribution in [3.05, 3.63) is 34.9 Å². The van der Waals surface area contributed by atoms with Crippen LogP contribution in [-0.4, -0.2) is 0 Å². The van der Waals surface area contributed by atoms with Gasteiger partial charge in [0.15, 0.2) is 0 Å². The normalized spacial score (nSPS) is 9.17. The van der Waals surface area contributed by atoms with Gasteiger partial charge in [0.2, 0.25) is 0 Å². The van der Waals surface area contributed by atoms with Crippen molar-refractivity contribution < 1.29 is 0 Å². The SMILES string of the molecule is CC.CC(C)c1ccc(Cl)cc1. The van der Waals surface area contributed by atoms with Crippen LogP contribution >= 0.6 is 11.6 Å². The quantitative estimate of drug-likeness (QED) is 0.604. The van der Waals surface area contributed by atoms with E-state index in [4.69, 9.17) is 11.6 Å². The van der Waals surface area contributed by atoms with Crippen molar-refractivity contribution >= 4 is 11.6 Å². The van der Waals surface area contributed by atoms with Crippen LogP contribution in [0.1, 0.15) is 39.2 Å². The van der Waals surface area contributed by atoms with Crippen molar-refractivity contribution in [1.29, 1.82) is 0 Å². The summed E-state index contributed by atoms with van der Waals surface area (Å²) in [4.78, 5) is 0. The molecule has 0 aliphatic rings. The van der Waals surface area contributed by atoms with Crippen molar-refractivity contribution in [2.75, 3.05) is 0 Å². The van der Waals surface area contributed by atoms with Crippen molar-refractivity contribution in [3.8, 4) is 0 Å². The average molecular weight is 185 g/mol. The molecule has 0 bridgehead atoms. The minimum absolute atomic E-state index is 0.595. The van der Waals surface area contributed by atoms with E-state index in [1.54, 1.807) is 0 Å². The van der Waals surface area contributed by atoms with Gasteiger partial charge in [-0.3, -0.25) is 0 Å². The summed E-state index contributed by atoms with van der Waals surface area (Å²) in [5, 5.41) is 0.810. The molecule has 0 spiro atoms. The minimum Gasteiger partial charge on any atom is -0.0843 e.